The Bertz CT molecular complexity index is 1450. The molecule has 5 rings (SSSR count). The van der Waals surface area contributed by atoms with Crippen LogP contribution in [-0.4, -0.2) is 80.7 Å². The third-order valence-corrected chi connectivity index (χ3v) is 8.37. The quantitative estimate of drug-likeness (QED) is 0.429. The Morgan fingerprint density at radius 3 is 2.59 bits per heavy atom. The van der Waals surface area contributed by atoms with Gasteiger partial charge in [0.05, 0.1) is 24.9 Å². The Morgan fingerprint density at radius 1 is 1.13 bits per heavy atom. The van der Waals surface area contributed by atoms with Gasteiger partial charge < -0.3 is 19.9 Å². The second-order valence-electron chi connectivity index (χ2n) is 10.7. The van der Waals surface area contributed by atoms with E-state index in [4.69, 9.17) is 4.74 Å². The third kappa shape index (κ3) is 5.78. The van der Waals surface area contributed by atoms with Crippen molar-refractivity contribution in [1.82, 2.24) is 19.7 Å². The van der Waals surface area contributed by atoms with Crippen molar-refractivity contribution in [3.05, 3.63) is 42.2 Å². The molecule has 2 aliphatic heterocycles. The molecule has 2 aliphatic rings. The molecule has 0 saturated carbocycles. The van der Waals surface area contributed by atoms with Gasteiger partial charge in [0.25, 0.3) is 0 Å². The molecule has 0 radical (unpaired) electrons. The van der Waals surface area contributed by atoms with Crippen LogP contribution >= 0.6 is 0 Å². The van der Waals surface area contributed by atoms with E-state index in [-0.39, 0.29) is 18.6 Å². The lowest BCUT2D eigenvalue weighted by molar-refractivity contribution is 0.0194. The Labute approximate surface area is 229 Å². The van der Waals surface area contributed by atoms with Crippen LogP contribution in [-0.2, 0) is 14.8 Å². The normalized spacial score (nSPS) is 23.8. The fraction of sp³-hybridized carbons (Fsp3) is 0.519. The van der Waals surface area contributed by atoms with Crippen molar-refractivity contribution < 1.29 is 17.5 Å². The lowest BCUT2D eigenvalue weighted by atomic mass is 9.92. The smallest absolute Gasteiger partial charge is 0.227 e. The molecular weight excluding hydrogens is 521 g/mol. The number of nitrogens with zero attached hydrogens (tertiary/aromatic N) is 5. The highest BCUT2D eigenvalue weighted by molar-refractivity contribution is 7.88. The number of rotatable bonds is 8. The largest absolute Gasteiger partial charge is 0.378 e. The minimum Gasteiger partial charge on any atom is -0.378 e. The fourth-order valence-corrected chi connectivity index (χ4v) is 6.26. The average molecular weight is 558 g/mol. The van der Waals surface area contributed by atoms with Gasteiger partial charge in [-0.25, -0.2) is 27.5 Å². The lowest BCUT2D eigenvalue weighted by Crippen LogP contribution is -2.65. The molecule has 0 bridgehead atoms. The number of benzene rings is 1. The molecule has 4 heterocycles. The zero-order chi connectivity index (χ0) is 27.9. The number of hydrogen-bond acceptors (Lipinski definition) is 9. The highest BCUT2D eigenvalue weighted by Gasteiger charge is 2.38. The molecule has 0 spiro atoms. The van der Waals surface area contributed by atoms with E-state index in [0.29, 0.717) is 43.0 Å². The summed E-state index contributed by atoms with van der Waals surface area (Å²) in [4.78, 5) is 17.7. The van der Waals surface area contributed by atoms with Gasteiger partial charge in [0.1, 0.15) is 17.8 Å². The summed E-state index contributed by atoms with van der Waals surface area (Å²) in [6, 6.07) is 7.91. The number of ether oxygens (including phenoxy) is 1. The maximum atomic E-state index is 14.4. The van der Waals surface area contributed by atoms with E-state index < -0.39 is 22.3 Å². The van der Waals surface area contributed by atoms with Crippen molar-refractivity contribution in [3.8, 4) is 0 Å². The first-order valence-electron chi connectivity index (χ1n) is 13.2. The lowest BCUT2D eigenvalue weighted by Gasteiger charge is -2.48. The minimum absolute atomic E-state index is 0.0166. The van der Waals surface area contributed by atoms with Gasteiger partial charge in [-0.15, -0.1) is 0 Å². The molecule has 12 heteroatoms. The highest BCUT2D eigenvalue weighted by atomic mass is 32.2. The summed E-state index contributed by atoms with van der Waals surface area (Å²) < 4.78 is 45.8. The van der Waals surface area contributed by atoms with Crippen molar-refractivity contribution in [2.24, 2.45) is 0 Å². The zero-order valence-corrected chi connectivity index (χ0v) is 23.7. The molecule has 210 valence electrons. The SMILES string of the molecule is COC1CCN(c2nccc(Nc3cc4c(C(C)C)ccc(N5C[C@H](NS(C)(=O)=O)[C@H]5C)c4cn3)n2)CC1F. The summed E-state index contributed by atoms with van der Waals surface area (Å²) in [6.07, 6.45) is 3.78. The summed E-state index contributed by atoms with van der Waals surface area (Å²) in [6.45, 7) is 7.73. The van der Waals surface area contributed by atoms with Crippen molar-refractivity contribution in [3.63, 3.8) is 0 Å². The van der Waals surface area contributed by atoms with E-state index in [2.05, 4.69) is 55.9 Å². The topological polar surface area (TPSA) is 113 Å². The van der Waals surface area contributed by atoms with Crippen molar-refractivity contribution in [2.45, 2.75) is 57.5 Å². The summed E-state index contributed by atoms with van der Waals surface area (Å²) in [5.41, 5.74) is 2.22. The first-order chi connectivity index (χ1) is 18.5. The van der Waals surface area contributed by atoms with Crippen LogP contribution in [0.25, 0.3) is 10.8 Å². The number of sulfonamides is 1. The van der Waals surface area contributed by atoms with Crippen molar-refractivity contribution in [2.75, 3.05) is 48.1 Å². The van der Waals surface area contributed by atoms with Crippen LogP contribution in [0.4, 0.5) is 27.7 Å². The van der Waals surface area contributed by atoms with E-state index >= 15 is 0 Å². The highest BCUT2D eigenvalue weighted by Crippen LogP contribution is 2.38. The first-order valence-corrected chi connectivity index (χ1v) is 15.1. The third-order valence-electron chi connectivity index (χ3n) is 7.64. The Morgan fingerprint density at radius 2 is 1.92 bits per heavy atom. The molecule has 2 N–H and O–H groups in total. The number of fused-ring (bicyclic) bond motifs is 1. The number of methoxy groups -OCH3 is 1. The fourth-order valence-electron chi connectivity index (χ4n) is 5.44. The Kier molecular flexibility index (Phi) is 7.62. The van der Waals surface area contributed by atoms with Gasteiger partial charge in [-0.2, -0.15) is 4.98 Å². The maximum absolute atomic E-state index is 14.4. The van der Waals surface area contributed by atoms with Crippen LogP contribution in [0, 0.1) is 0 Å². The van der Waals surface area contributed by atoms with E-state index in [9.17, 15) is 12.8 Å². The minimum atomic E-state index is -3.27. The molecular formula is C27H36FN7O3S. The summed E-state index contributed by atoms with van der Waals surface area (Å²) in [7, 11) is -1.73. The number of hydrogen-bond donors (Lipinski definition) is 2. The van der Waals surface area contributed by atoms with Crippen LogP contribution in [0.3, 0.4) is 0 Å². The molecule has 1 aromatic carbocycles. The number of piperidine rings is 1. The van der Waals surface area contributed by atoms with E-state index in [1.165, 1.54) is 18.9 Å². The Balaban J connectivity index is 1.40. The van der Waals surface area contributed by atoms with Crippen molar-refractivity contribution in [1.29, 1.82) is 0 Å². The molecule has 2 unspecified atom stereocenters. The molecule has 4 atom stereocenters. The van der Waals surface area contributed by atoms with Crippen LogP contribution in [0.5, 0.6) is 0 Å². The molecule has 2 saturated heterocycles. The number of alkyl halides is 1. The van der Waals surface area contributed by atoms with Crippen LogP contribution in [0.15, 0.2) is 36.7 Å². The monoisotopic (exact) mass is 557 g/mol. The maximum Gasteiger partial charge on any atom is 0.227 e. The van der Waals surface area contributed by atoms with Gasteiger partial charge in [-0.1, -0.05) is 19.9 Å². The Hall–Kier alpha value is -3.09. The second kappa shape index (κ2) is 10.8. The number of nitrogens with one attached hydrogen (secondary N) is 2. The van der Waals surface area contributed by atoms with Gasteiger partial charge in [0.2, 0.25) is 16.0 Å². The summed E-state index contributed by atoms with van der Waals surface area (Å²) in [5, 5.41) is 5.37. The van der Waals surface area contributed by atoms with E-state index in [1.54, 1.807) is 12.3 Å². The second-order valence-corrected chi connectivity index (χ2v) is 12.5. The van der Waals surface area contributed by atoms with E-state index in [0.717, 1.165) is 16.5 Å². The first kappa shape index (κ1) is 27.5. The van der Waals surface area contributed by atoms with Gasteiger partial charge in [0.15, 0.2) is 0 Å². The molecule has 0 amide bonds. The molecule has 10 nitrogen and oxygen atoms in total. The number of pyridine rings is 1. The van der Waals surface area contributed by atoms with Gasteiger partial charge in [-0.3, -0.25) is 0 Å². The molecule has 2 fully saturated rings. The van der Waals surface area contributed by atoms with Gasteiger partial charge in [-0.05, 0) is 48.4 Å². The molecule has 3 aromatic rings. The van der Waals surface area contributed by atoms with Crippen molar-refractivity contribution >= 4 is 44.1 Å². The van der Waals surface area contributed by atoms with E-state index in [1.807, 2.05) is 24.1 Å². The molecule has 0 aliphatic carbocycles. The van der Waals surface area contributed by atoms with Crippen LogP contribution in [0.2, 0.25) is 0 Å². The zero-order valence-electron chi connectivity index (χ0n) is 22.9. The number of anilines is 4. The van der Waals surface area contributed by atoms with Gasteiger partial charge >= 0.3 is 0 Å². The molecule has 2 aromatic heterocycles. The standard InChI is InChI=1S/C27H36FN7O3S/c1-16(2)18-6-7-23(35-15-22(17(35)3)33-39(5,36)37)20-13-30-26(12-19(18)20)31-25-8-10-29-27(32-25)34-11-9-24(38-4)21(28)14-34/h6-8,10,12-13,16-17,21-22,24,33H,9,11,14-15H2,1-5H3,(H,29,30,31,32)/t17-,21?,22+,24?/m1/s1. The van der Waals surface area contributed by atoms with Gasteiger partial charge in [0, 0.05) is 49.7 Å². The number of aromatic nitrogens is 3. The summed E-state index contributed by atoms with van der Waals surface area (Å²) in [5.74, 6) is 1.97. The molecule has 39 heavy (non-hydrogen) atoms. The predicted octanol–water partition coefficient (Wildman–Crippen LogP) is 3.58. The van der Waals surface area contributed by atoms with Crippen LogP contribution < -0.4 is 19.8 Å². The summed E-state index contributed by atoms with van der Waals surface area (Å²) >= 11 is 0. The number of halogens is 1. The van der Waals surface area contributed by atoms with Crippen LogP contribution in [0.1, 0.15) is 38.7 Å². The average Bonchev–Trinajstić information content (AvgIpc) is 2.89. The predicted molar refractivity (Wildman–Crippen MR) is 152 cm³/mol.